The Morgan fingerprint density at radius 3 is 2.38 bits per heavy atom. The second kappa shape index (κ2) is 6.35. The molecule has 0 fully saturated rings. The number of benzene rings is 2. The Morgan fingerprint density at radius 1 is 1.17 bits per heavy atom. The molecular weight excluding hydrogens is 316 g/mol. The molecule has 0 radical (unpaired) electrons. The monoisotopic (exact) mass is 329 g/mol. The first-order valence-electron chi connectivity index (χ1n) is 7.11. The van der Waals surface area contributed by atoms with Gasteiger partial charge in [0.2, 0.25) is 6.23 Å². The van der Waals surface area contributed by atoms with Crippen LogP contribution in [0.4, 0.5) is 8.78 Å². The third kappa shape index (κ3) is 2.97. The number of nitrogens with zero attached hydrogens (tertiary/aromatic N) is 2. The highest BCUT2D eigenvalue weighted by molar-refractivity contribution is 5.54. The fourth-order valence-corrected chi connectivity index (χ4v) is 2.35. The molecule has 2 aromatic rings. The van der Waals surface area contributed by atoms with E-state index in [9.17, 15) is 13.9 Å². The number of hydrogen-bond acceptors (Lipinski definition) is 5. The second-order valence-corrected chi connectivity index (χ2v) is 5.25. The van der Waals surface area contributed by atoms with Crippen LogP contribution in [0.3, 0.4) is 0 Å². The molecule has 2 atom stereocenters. The molecule has 0 bridgehead atoms. The first-order valence-corrected chi connectivity index (χ1v) is 7.11. The van der Waals surface area contributed by atoms with Crippen molar-refractivity contribution in [3.63, 3.8) is 0 Å². The highest BCUT2D eigenvalue weighted by atomic mass is 19.3. The van der Waals surface area contributed by atoms with Gasteiger partial charge in [-0.1, -0.05) is 36.4 Å². The molecule has 1 aliphatic rings. The Hall–Kier alpha value is -2.82. The topological polar surface area (TPSA) is 77.6 Å². The van der Waals surface area contributed by atoms with Crippen LogP contribution in [0.1, 0.15) is 34.6 Å². The number of hydrogen-bond donors (Lipinski definition) is 2. The third-order valence-electron chi connectivity index (χ3n) is 3.72. The van der Waals surface area contributed by atoms with E-state index in [1.807, 2.05) is 6.07 Å². The van der Waals surface area contributed by atoms with Gasteiger partial charge in [-0.3, -0.25) is 5.48 Å². The second-order valence-electron chi connectivity index (χ2n) is 5.25. The quantitative estimate of drug-likeness (QED) is 0.904. The lowest BCUT2D eigenvalue weighted by Gasteiger charge is -2.23. The van der Waals surface area contributed by atoms with E-state index >= 15 is 0 Å². The maximum atomic E-state index is 14.5. The number of alkyl halides is 2. The maximum absolute atomic E-state index is 14.5. The molecule has 0 saturated carbocycles. The molecule has 0 spiro atoms. The summed E-state index contributed by atoms with van der Waals surface area (Å²) in [6.07, 6.45) is -1.21. The van der Waals surface area contributed by atoms with Crippen molar-refractivity contribution in [1.29, 1.82) is 5.26 Å². The molecule has 0 amide bonds. The van der Waals surface area contributed by atoms with Crippen LogP contribution < -0.4 is 5.48 Å². The number of nitriles is 1. The maximum Gasteiger partial charge on any atom is 0.302 e. The zero-order valence-corrected chi connectivity index (χ0v) is 12.4. The van der Waals surface area contributed by atoms with Crippen molar-refractivity contribution in [1.82, 2.24) is 5.48 Å². The van der Waals surface area contributed by atoms with Crippen LogP contribution in [0.25, 0.3) is 0 Å². The number of aliphatic hydroxyl groups is 1. The van der Waals surface area contributed by atoms with Gasteiger partial charge in [-0.15, -0.1) is 0 Å². The molecule has 2 N–H and O–H groups in total. The molecule has 1 aliphatic heterocycles. The van der Waals surface area contributed by atoms with Gasteiger partial charge in [0.05, 0.1) is 11.6 Å². The summed E-state index contributed by atoms with van der Waals surface area (Å²) in [5, 5.41) is 18.8. The molecule has 122 valence electrons. The number of aliphatic imine (C=N–C) groups is 1. The van der Waals surface area contributed by atoms with Crippen molar-refractivity contribution in [3.8, 4) is 6.07 Å². The summed E-state index contributed by atoms with van der Waals surface area (Å²) in [6, 6.07) is 12.7. The Kier molecular flexibility index (Phi) is 4.25. The molecule has 0 aromatic heterocycles. The zero-order chi connectivity index (χ0) is 17.2. The number of rotatable bonds is 4. The summed E-state index contributed by atoms with van der Waals surface area (Å²) in [5.41, 5.74) is 3.13. The van der Waals surface area contributed by atoms with Crippen molar-refractivity contribution in [2.75, 3.05) is 0 Å². The molecule has 24 heavy (non-hydrogen) atoms. The Balaban J connectivity index is 1.82. The lowest BCUT2D eigenvalue weighted by Crippen LogP contribution is -2.23. The number of hydroxylamine groups is 1. The van der Waals surface area contributed by atoms with E-state index in [2.05, 4.69) is 10.5 Å². The van der Waals surface area contributed by atoms with Crippen LogP contribution in [0.2, 0.25) is 0 Å². The summed E-state index contributed by atoms with van der Waals surface area (Å²) < 4.78 is 29.1. The first-order chi connectivity index (χ1) is 11.5. The Bertz CT molecular complexity index is 783. The molecule has 0 aliphatic carbocycles. The summed E-state index contributed by atoms with van der Waals surface area (Å²) in [6.45, 7) is 0. The standard InChI is InChI=1S/C17H13F2N3O2/c18-17(19,15(23)12-3-1-11(9-20)2-4-12)14-7-5-13(6-8-14)16-21-10-22-24-16/h1-8,10,15-16,23H,(H,21,22). The van der Waals surface area contributed by atoms with Crippen molar-refractivity contribution in [2.24, 2.45) is 4.99 Å². The molecule has 3 rings (SSSR count). The molecular formula is C17H13F2N3O2. The molecule has 5 nitrogen and oxygen atoms in total. The minimum Gasteiger partial charge on any atom is -0.382 e. The number of aliphatic hydroxyl groups excluding tert-OH is 1. The third-order valence-corrected chi connectivity index (χ3v) is 3.72. The van der Waals surface area contributed by atoms with Crippen LogP contribution in [0.15, 0.2) is 53.5 Å². The lowest BCUT2D eigenvalue weighted by molar-refractivity contribution is -0.117. The van der Waals surface area contributed by atoms with Crippen LogP contribution in [-0.2, 0) is 10.8 Å². The predicted molar refractivity (Wildman–Crippen MR) is 81.9 cm³/mol. The smallest absolute Gasteiger partial charge is 0.302 e. The van der Waals surface area contributed by atoms with Crippen LogP contribution in [0, 0.1) is 11.3 Å². The SMILES string of the molecule is N#Cc1ccc(C(O)C(F)(F)c2ccc(C3N=CNO3)cc2)cc1. The van der Waals surface area contributed by atoms with Gasteiger partial charge < -0.3 is 5.11 Å². The van der Waals surface area contributed by atoms with Crippen LogP contribution in [-0.4, -0.2) is 11.4 Å². The fraction of sp³-hybridized carbons (Fsp3) is 0.176. The van der Waals surface area contributed by atoms with Crippen molar-refractivity contribution >= 4 is 6.34 Å². The van der Waals surface area contributed by atoms with E-state index in [0.29, 0.717) is 11.1 Å². The average molecular weight is 329 g/mol. The summed E-state index contributed by atoms with van der Waals surface area (Å²) >= 11 is 0. The van der Waals surface area contributed by atoms with Crippen molar-refractivity contribution in [2.45, 2.75) is 18.3 Å². The van der Waals surface area contributed by atoms with Crippen molar-refractivity contribution in [3.05, 3.63) is 70.8 Å². The van der Waals surface area contributed by atoms with Crippen LogP contribution in [0.5, 0.6) is 0 Å². The van der Waals surface area contributed by atoms with E-state index < -0.39 is 18.3 Å². The largest absolute Gasteiger partial charge is 0.382 e. The van der Waals surface area contributed by atoms with E-state index in [1.54, 1.807) is 0 Å². The van der Waals surface area contributed by atoms with Gasteiger partial charge in [-0.05, 0) is 17.7 Å². The van der Waals surface area contributed by atoms with E-state index in [1.165, 1.54) is 54.9 Å². The lowest BCUT2D eigenvalue weighted by atomic mass is 9.96. The summed E-state index contributed by atoms with van der Waals surface area (Å²) in [7, 11) is 0. The fourth-order valence-electron chi connectivity index (χ4n) is 2.35. The minimum absolute atomic E-state index is 0.0380. The van der Waals surface area contributed by atoms with E-state index in [4.69, 9.17) is 10.1 Å². The Labute approximate surface area is 136 Å². The van der Waals surface area contributed by atoms with Gasteiger partial charge in [0.15, 0.2) is 0 Å². The van der Waals surface area contributed by atoms with Gasteiger partial charge in [-0.2, -0.15) is 14.0 Å². The Morgan fingerprint density at radius 2 is 1.83 bits per heavy atom. The molecule has 0 saturated heterocycles. The molecule has 7 heteroatoms. The first kappa shape index (κ1) is 16.1. The number of nitrogens with one attached hydrogen (secondary N) is 1. The van der Waals surface area contributed by atoms with E-state index in [-0.39, 0.29) is 11.1 Å². The molecule has 2 aromatic carbocycles. The van der Waals surface area contributed by atoms with Gasteiger partial charge >= 0.3 is 5.92 Å². The summed E-state index contributed by atoms with van der Waals surface area (Å²) in [5.74, 6) is -3.48. The normalized spacial score (nSPS) is 18.0. The van der Waals surface area contributed by atoms with Crippen molar-refractivity contribution < 1.29 is 18.7 Å². The van der Waals surface area contributed by atoms with Crippen LogP contribution >= 0.6 is 0 Å². The minimum atomic E-state index is -3.48. The van der Waals surface area contributed by atoms with Gasteiger partial charge in [0.25, 0.3) is 0 Å². The average Bonchev–Trinajstić information content (AvgIpc) is 3.16. The zero-order valence-electron chi connectivity index (χ0n) is 12.4. The van der Waals surface area contributed by atoms with E-state index in [0.717, 1.165) is 0 Å². The predicted octanol–water partition coefficient (Wildman–Crippen LogP) is 2.95. The van der Waals surface area contributed by atoms with Gasteiger partial charge in [-0.25, -0.2) is 9.83 Å². The summed E-state index contributed by atoms with van der Waals surface area (Å²) in [4.78, 5) is 9.04. The van der Waals surface area contributed by atoms with Gasteiger partial charge in [0, 0.05) is 11.1 Å². The number of halogens is 2. The molecule has 1 heterocycles. The highest BCUT2D eigenvalue weighted by Gasteiger charge is 2.41. The molecule has 2 unspecified atom stereocenters. The van der Waals surface area contributed by atoms with Gasteiger partial charge in [0.1, 0.15) is 12.4 Å². The highest BCUT2D eigenvalue weighted by Crippen LogP contribution is 2.40.